The van der Waals surface area contributed by atoms with Crippen molar-refractivity contribution in [1.29, 1.82) is 0 Å². The summed E-state index contributed by atoms with van der Waals surface area (Å²) in [4.78, 5) is 30.8. The van der Waals surface area contributed by atoms with Crippen molar-refractivity contribution < 1.29 is 19.1 Å². The molecule has 3 fully saturated rings. The number of carbonyl (C=O) groups excluding carboxylic acids is 2. The normalized spacial score (nSPS) is 29.1. The molecule has 7 nitrogen and oxygen atoms in total. The molecule has 2 aliphatic heterocycles. The van der Waals surface area contributed by atoms with Crippen LogP contribution in [0.2, 0.25) is 0 Å². The Labute approximate surface area is 162 Å². The molecule has 0 aromatic heterocycles. The average molecular weight is 382 g/mol. The summed E-state index contributed by atoms with van der Waals surface area (Å²) in [6.07, 6.45) is 5.86. The Kier molecular flexibility index (Phi) is 7.49. The Bertz CT molecular complexity index is 501. The first-order chi connectivity index (χ1) is 13.1. The Morgan fingerprint density at radius 1 is 1.04 bits per heavy atom. The van der Waals surface area contributed by atoms with Gasteiger partial charge in [0.2, 0.25) is 5.91 Å². The molecule has 1 aliphatic carbocycles. The minimum atomic E-state index is -0.111. The van der Waals surface area contributed by atoms with E-state index in [0.717, 1.165) is 58.4 Å². The van der Waals surface area contributed by atoms with E-state index in [1.165, 1.54) is 12.8 Å². The van der Waals surface area contributed by atoms with Crippen molar-refractivity contribution in [2.24, 2.45) is 5.92 Å². The molecule has 1 amide bonds. The second-order valence-electron chi connectivity index (χ2n) is 7.88. The molecule has 0 aromatic carbocycles. The largest absolute Gasteiger partial charge is 0.466 e. The van der Waals surface area contributed by atoms with Crippen LogP contribution in [0.5, 0.6) is 0 Å². The highest BCUT2D eigenvalue weighted by molar-refractivity contribution is 5.79. The Hall–Kier alpha value is -1.18. The Morgan fingerprint density at radius 3 is 2.33 bits per heavy atom. The molecule has 0 aromatic rings. The maximum absolute atomic E-state index is 12.4. The van der Waals surface area contributed by atoms with Gasteiger partial charge in [0, 0.05) is 32.7 Å². The Balaban J connectivity index is 1.57. The number of hydrogen-bond donors (Lipinski definition) is 0. The second kappa shape index (κ2) is 9.85. The molecule has 1 unspecified atom stereocenters. The first-order valence-electron chi connectivity index (χ1n) is 10.7. The van der Waals surface area contributed by atoms with Gasteiger partial charge < -0.3 is 14.4 Å². The number of likely N-dealkylation sites (N-methyl/N-ethyl adjacent to an activating group) is 1. The van der Waals surface area contributed by atoms with Crippen LogP contribution in [0, 0.1) is 5.92 Å². The zero-order valence-electron chi connectivity index (χ0n) is 16.9. The zero-order valence-corrected chi connectivity index (χ0v) is 16.9. The van der Waals surface area contributed by atoms with Gasteiger partial charge in [-0.3, -0.25) is 19.4 Å². The van der Waals surface area contributed by atoms with Gasteiger partial charge in [0.1, 0.15) is 0 Å². The number of amides is 1. The predicted molar refractivity (Wildman–Crippen MR) is 102 cm³/mol. The van der Waals surface area contributed by atoms with Crippen LogP contribution in [0.25, 0.3) is 0 Å². The maximum Gasteiger partial charge on any atom is 0.308 e. The van der Waals surface area contributed by atoms with Crippen molar-refractivity contribution in [3.05, 3.63) is 0 Å². The first-order valence-corrected chi connectivity index (χ1v) is 10.7. The molecular weight excluding hydrogens is 346 g/mol. The highest BCUT2D eigenvalue weighted by Crippen LogP contribution is 2.30. The highest BCUT2D eigenvalue weighted by atomic mass is 16.5. The quantitative estimate of drug-likeness (QED) is 0.625. The zero-order chi connectivity index (χ0) is 19.2. The molecule has 7 heteroatoms. The molecule has 3 rings (SSSR count). The third-order valence-electron chi connectivity index (χ3n) is 6.10. The van der Waals surface area contributed by atoms with Crippen LogP contribution in [-0.2, 0) is 19.1 Å². The third kappa shape index (κ3) is 5.21. The summed E-state index contributed by atoms with van der Waals surface area (Å²) in [7, 11) is 0. The van der Waals surface area contributed by atoms with E-state index in [2.05, 4.69) is 9.80 Å². The van der Waals surface area contributed by atoms with E-state index in [4.69, 9.17) is 9.47 Å². The molecule has 27 heavy (non-hydrogen) atoms. The van der Waals surface area contributed by atoms with Gasteiger partial charge in [-0.2, -0.15) is 0 Å². The van der Waals surface area contributed by atoms with Gasteiger partial charge in [-0.1, -0.05) is 0 Å². The number of ether oxygens (including phenoxy) is 2. The van der Waals surface area contributed by atoms with E-state index in [-0.39, 0.29) is 30.3 Å². The van der Waals surface area contributed by atoms with Gasteiger partial charge in [-0.05, 0) is 52.4 Å². The fourth-order valence-electron chi connectivity index (χ4n) is 4.48. The SMILES string of the molecule is CCOC(=O)[C@H]1CC[C@H](OC(N2CCCC2)N2CCN(CC)C(=O)C2)CC1. The third-order valence-corrected chi connectivity index (χ3v) is 6.10. The summed E-state index contributed by atoms with van der Waals surface area (Å²) < 4.78 is 11.7. The summed E-state index contributed by atoms with van der Waals surface area (Å²) >= 11 is 0. The molecule has 2 saturated heterocycles. The van der Waals surface area contributed by atoms with Crippen molar-refractivity contribution in [2.45, 2.75) is 64.8 Å². The van der Waals surface area contributed by atoms with Crippen LogP contribution >= 0.6 is 0 Å². The van der Waals surface area contributed by atoms with E-state index in [9.17, 15) is 9.59 Å². The monoisotopic (exact) mass is 381 g/mol. The number of rotatable bonds is 7. The number of piperazine rings is 1. The molecule has 0 radical (unpaired) electrons. The lowest BCUT2D eigenvalue weighted by molar-refractivity contribution is -0.194. The lowest BCUT2D eigenvalue weighted by atomic mass is 9.87. The lowest BCUT2D eigenvalue weighted by Crippen LogP contribution is -2.59. The number of esters is 1. The molecule has 2 heterocycles. The predicted octanol–water partition coefficient (Wildman–Crippen LogP) is 1.67. The summed E-state index contributed by atoms with van der Waals surface area (Å²) in [5, 5.41) is 0. The fraction of sp³-hybridized carbons (Fsp3) is 0.900. The van der Waals surface area contributed by atoms with Crippen molar-refractivity contribution in [1.82, 2.24) is 14.7 Å². The van der Waals surface area contributed by atoms with Gasteiger partial charge in [0.15, 0.2) is 6.35 Å². The van der Waals surface area contributed by atoms with E-state index in [0.29, 0.717) is 13.2 Å². The van der Waals surface area contributed by atoms with E-state index >= 15 is 0 Å². The van der Waals surface area contributed by atoms with Crippen molar-refractivity contribution in [2.75, 3.05) is 45.9 Å². The number of nitrogens with zero attached hydrogens (tertiary/aromatic N) is 3. The minimum Gasteiger partial charge on any atom is -0.466 e. The van der Waals surface area contributed by atoms with Crippen LogP contribution in [0.3, 0.4) is 0 Å². The molecule has 0 spiro atoms. The standard InChI is InChI=1S/C20H35N3O4/c1-3-21-13-14-23(15-18(21)24)20(22-11-5-6-12-22)27-17-9-7-16(8-10-17)19(25)26-4-2/h16-17,20H,3-15H2,1-2H3/t16-,17-,20?. The molecule has 154 valence electrons. The van der Waals surface area contributed by atoms with Gasteiger partial charge in [0.05, 0.1) is 25.2 Å². The van der Waals surface area contributed by atoms with Gasteiger partial charge in [0.25, 0.3) is 0 Å². The van der Waals surface area contributed by atoms with Crippen molar-refractivity contribution in [3.63, 3.8) is 0 Å². The van der Waals surface area contributed by atoms with Gasteiger partial charge in [-0.15, -0.1) is 0 Å². The summed E-state index contributed by atoms with van der Waals surface area (Å²) in [6, 6.07) is 0. The molecule has 1 atom stereocenters. The molecule has 1 saturated carbocycles. The van der Waals surface area contributed by atoms with E-state index < -0.39 is 0 Å². The van der Waals surface area contributed by atoms with E-state index in [1.54, 1.807) is 0 Å². The van der Waals surface area contributed by atoms with Crippen LogP contribution in [-0.4, -0.2) is 84.9 Å². The molecular formula is C20H35N3O4. The smallest absolute Gasteiger partial charge is 0.308 e. The highest BCUT2D eigenvalue weighted by Gasteiger charge is 2.36. The summed E-state index contributed by atoms with van der Waals surface area (Å²) in [5.41, 5.74) is 0. The van der Waals surface area contributed by atoms with Crippen molar-refractivity contribution >= 4 is 11.9 Å². The number of hydrogen-bond acceptors (Lipinski definition) is 6. The first kappa shape index (κ1) is 20.6. The molecule has 0 bridgehead atoms. The van der Waals surface area contributed by atoms with Gasteiger partial charge in [-0.25, -0.2) is 0 Å². The van der Waals surface area contributed by atoms with E-state index in [1.807, 2.05) is 18.7 Å². The minimum absolute atomic E-state index is 0.0183. The topological polar surface area (TPSA) is 62.3 Å². The fourth-order valence-corrected chi connectivity index (χ4v) is 4.48. The number of carbonyl (C=O) groups is 2. The van der Waals surface area contributed by atoms with Crippen LogP contribution in [0.4, 0.5) is 0 Å². The summed E-state index contributed by atoms with van der Waals surface area (Å²) in [6.45, 7) is 9.25. The van der Waals surface area contributed by atoms with Crippen molar-refractivity contribution in [3.8, 4) is 0 Å². The van der Waals surface area contributed by atoms with Crippen LogP contribution < -0.4 is 0 Å². The summed E-state index contributed by atoms with van der Waals surface area (Å²) in [5.74, 6) is 0.153. The van der Waals surface area contributed by atoms with Gasteiger partial charge >= 0.3 is 5.97 Å². The van der Waals surface area contributed by atoms with Crippen LogP contribution in [0.1, 0.15) is 52.4 Å². The van der Waals surface area contributed by atoms with Crippen LogP contribution in [0.15, 0.2) is 0 Å². The molecule has 0 N–H and O–H groups in total. The number of likely N-dealkylation sites (tertiary alicyclic amines) is 1. The lowest BCUT2D eigenvalue weighted by Gasteiger charge is -2.43. The maximum atomic E-state index is 12.4. The Morgan fingerprint density at radius 2 is 1.74 bits per heavy atom. The molecule has 3 aliphatic rings. The second-order valence-corrected chi connectivity index (χ2v) is 7.88. The average Bonchev–Trinajstić information content (AvgIpc) is 3.21.